The number of anilines is 1. The van der Waals surface area contributed by atoms with Crippen LogP contribution in [0, 0.1) is 0 Å². The number of fused-ring (bicyclic) bond motifs is 1. The van der Waals surface area contributed by atoms with E-state index in [-0.39, 0.29) is 11.5 Å². The standard InChI is InChI=1S/C12H18N2O2S/c1-11(2)7-6(10(15)14-5)9(13)17-8(7)12(3,4)16-11/h13H2,1-5H3,(H,14,15). The number of ether oxygens (including phenoxy) is 1. The molecule has 0 radical (unpaired) electrons. The second kappa shape index (κ2) is 3.46. The van der Waals surface area contributed by atoms with Crippen molar-refractivity contribution in [2.45, 2.75) is 38.9 Å². The van der Waals surface area contributed by atoms with E-state index >= 15 is 0 Å². The molecule has 1 amide bonds. The van der Waals surface area contributed by atoms with E-state index in [0.29, 0.717) is 10.6 Å². The quantitative estimate of drug-likeness (QED) is 0.807. The van der Waals surface area contributed by atoms with Crippen LogP contribution in [0.15, 0.2) is 0 Å². The van der Waals surface area contributed by atoms with Crippen molar-refractivity contribution in [2.24, 2.45) is 0 Å². The highest BCUT2D eigenvalue weighted by atomic mass is 32.1. The van der Waals surface area contributed by atoms with Gasteiger partial charge in [0.15, 0.2) is 0 Å². The van der Waals surface area contributed by atoms with E-state index < -0.39 is 5.60 Å². The molecular weight excluding hydrogens is 236 g/mol. The van der Waals surface area contributed by atoms with Crippen LogP contribution in [0.5, 0.6) is 0 Å². The minimum atomic E-state index is -0.477. The molecule has 0 unspecified atom stereocenters. The first-order valence-corrected chi connectivity index (χ1v) is 6.38. The highest BCUT2D eigenvalue weighted by Gasteiger charge is 2.48. The van der Waals surface area contributed by atoms with E-state index in [0.717, 1.165) is 10.4 Å². The molecule has 1 aromatic heterocycles. The number of nitrogen functional groups attached to an aromatic ring is 1. The van der Waals surface area contributed by atoms with Crippen LogP contribution < -0.4 is 11.1 Å². The number of hydrogen-bond donors (Lipinski definition) is 2. The van der Waals surface area contributed by atoms with Gasteiger partial charge in [-0.1, -0.05) is 0 Å². The maximum absolute atomic E-state index is 11.9. The number of rotatable bonds is 1. The Balaban J connectivity index is 2.71. The van der Waals surface area contributed by atoms with E-state index in [9.17, 15) is 4.79 Å². The molecular formula is C12H18N2O2S. The minimum absolute atomic E-state index is 0.144. The SMILES string of the molecule is CNC(=O)c1c(N)sc2c1C(C)(C)OC2(C)C. The number of nitrogens with two attached hydrogens (primary N) is 1. The summed E-state index contributed by atoms with van der Waals surface area (Å²) in [6, 6.07) is 0. The molecule has 2 rings (SSSR count). The third-order valence-electron chi connectivity index (χ3n) is 3.05. The molecule has 0 aliphatic carbocycles. The topological polar surface area (TPSA) is 64.4 Å². The predicted molar refractivity (Wildman–Crippen MR) is 69.3 cm³/mol. The van der Waals surface area contributed by atoms with Crippen LogP contribution in [0.3, 0.4) is 0 Å². The van der Waals surface area contributed by atoms with Gasteiger partial charge in [0, 0.05) is 17.5 Å². The summed E-state index contributed by atoms with van der Waals surface area (Å²) in [5.41, 5.74) is 6.62. The molecule has 0 spiro atoms. The molecule has 17 heavy (non-hydrogen) atoms. The van der Waals surface area contributed by atoms with E-state index in [4.69, 9.17) is 10.5 Å². The van der Waals surface area contributed by atoms with Crippen LogP contribution in [0.4, 0.5) is 5.00 Å². The third-order valence-corrected chi connectivity index (χ3v) is 4.37. The Morgan fingerprint density at radius 1 is 1.29 bits per heavy atom. The van der Waals surface area contributed by atoms with Crippen LogP contribution >= 0.6 is 11.3 Å². The zero-order valence-electron chi connectivity index (χ0n) is 10.8. The number of nitrogens with one attached hydrogen (secondary N) is 1. The molecule has 5 heteroatoms. The van der Waals surface area contributed by atoms with Crippen LogP contribution in [0.1, 0.15) is 48.5 Å². The summed E-state index contributed by atoms with van der Waals surface area (Å²) in [4.78, 5) is 13.0. The first-order chi connectivity index (χ1) is 7.70. The molecule has 1 aliphatic heterocycles. The molecule has 0 saturated carbocycles. The molecule has 0 aromatic carbocycles. The highest BCUT2D eigenvalue weighted by molar-refractivity contribution is 7.16. The van der Waals surface area contributed by atoms with Crippen molar-refractivity contribution < 1.29 is 9.53 Å². The summed E-state index contributed by atoms with van der Waals surface area (Å²) >= 11 is 1.45. The fraction of sp³-hybridized carbons (Fsp3) is 0.583. The van der Waals surface area contributed by atoms with Crippen molar-refractivity contribution in [1.29, 1.82) is 0 Å². The number of amides is 1. The van der Waals surface area contributed by atoms with Crippen molar-refractivity contribution >= 4 is 22.2 Å². The monoisotopic (exact) mass is 254 g/mol. The van der Waals surface area contributed by atoms with Gasteiger partial charge in [-0.25, -0.2) is 0 Å². The van der Waals surface area contributed by atoms with Gasteiger partial charge in [-0.15, -0.1) is 11.3 Å². The first kappa shape index (κ1) is 12.4. The molecule has 0 atom stereocenters. The lowest BCUT2D eigenvalue weighted by atomic mass is 9.94. The maximum Gasteiger partial charge on any atom is 0.254 e. The summed E-state index contributed by atoms with van der Waals surface area (Å²) in [5.74, 6) is -0.144. The lowest BCUT2D eigenvalue weighted by Crippen LogP contribution is -2.26. The average molecular weight is 254 g/mol. The molecule has 4 nitrogen and oxygen atoms in total. The van der Waals surface area contributed by atoms with E-state index in [2.05, 4.69) is 5.32 Å². The summed E-state index contributed by atoms with van der Waals surface area (Å²) in [6.07, 6.45) is 0. The number of thiophene rings is 1. The largest absolute Gasteiger partial charge is 0.390 e. The molecule has 0 fully saturated rings. The van der Waals surface area contributed by atoms with Crippen molar-refractivity contribution in [1.82, 2.24) is 5.32 Å². The van der Waals surface area contributed by atoms with Gasteiger partial charge in [0.1, 0.15) is 0 Å². The normalized spacial score (nSPS) is 20.1. The van der Waals surface area contributed by atoms with Gasteiger partial charge in [-0.2, -0.15) is 0 Å². The first-order valence-electron chi connectivity index (χ1n) is 5.56. The summed E-state index contributed by atoms with van der Waals surface area (Å²) in [7, 11) is 1.61. The Kier molecular flexibility index (Phi) is 2.52. The molecule has 0 saturated heterocycles. The Morgan fingerprint density at radius 3 is 2.41 bits per heavy atom. The van der Waals surface area contributed by atoms with Crippen LogP contribution in [-0.2, 0) is 15.9 Å². The van der Waals surface area contributed by atoms with Crippen molar-refractivity contribution in [3.8, 4) is 0 Å². The van der Waals surface area contributed by atoms with Gasteiger partial charge < -0.3 is 15.8 Å². The zero-order chi connectivity index (χ0) is 13.0. The molecule has 1 aromatic rings. The zero-order valence-corrected chi connectivity index (χ0v) is 11.6. The van der Waals surface area contributed by atoms with Gasteiger partial charge in [0.2, 0.25) is 0 Å². The van der Waals surface area contributed by atoms with Gasteiger partial charge in [0.05, 0.1) is 21.8 Å². The Bertz CT molecular complexity index is 489. The second-order valence-electron chi connectivity index (χ2n) is 5.25. The number of hydrogen-bond acceptors (Lipinski definition) is 4. The fourth-order valence-electron chi connectivity index (χ4n) is 2.53. The fourth-order valence-corrected chi connectivity index (χ4v) is 3.79. The second-order valence-corrected chi connectivity index (χ2v) is 6.30. The van der Waals surface area contributed by atoms with Crippen molar-refractivity contribution in [3.05, 3.63) is 16.0 Å². The van der Waals surface area contributed by atoms with Crippen LogP contribution in [0.2, 0.25) is 0 Å². The third kappa shape index (κ3) is 1.65. The Morgan fingerprint density at radius 2 is 1.88 bits per heavy atom. The smallest absolute Gasteiger partial charge is 0.254 e. The number of carbonyl (C=O) groups is 1. The molecule has 1 aliphatic rings. The minimum Gasteiger partial charge on any atom is -0.390 e. The molecule has 2 heterocycles. The van der Waals surface area contributed by atoms with Crippen molar-refractivity contribution in [3.63, 3.8) is 0 Å². The van der Waals surface area contributed by atoms with Crippen LogP contribution in [-0.4, -0.2) is 13.0 Å². The maximum atomic E-state index is 11.9. The Labute approximate surface area is 105 Å². The lowest BCUT2D eigenvalue weighted by Gasteiger charge is -2.26. The summed E-state index contributed by atoms with van der Waals surface area (Å²) in [5, 5.41) is 3.20. The molecule has 3 N–H and O–H groups in total. The molecule has 0 bridgehead atoms. The molecule has 94 valence electrons. The summed E-state index contributed by atoms with van der Waals surface area (Å²) in [6.45, 7) is 7.95. The number of carbonyl (C=O) groups excluding carboxylic acids is 1. The Hall–Kier alpha value is -1.07. The van der Waals surface area contributed by atoms with Gasteiger partial charge >= 0.3 is 0 Å². The van der Waals surface area contributed by atoms with Gasteiger partial charge in [0.25, 0.3) is 5.91 Å². The highest BCUT2D eigenvalue weighted by Crippen LogP contribution is 2.53. The van der Waals surface area contributed by atoms with E-state index in [1.807, 2.05) is 27.7 Å². The average Bonchev–Trinajstić information content (AvgIpc) is 2.61. The predicted octanol–water partition coefficient (Wildman–Crippen LogP) is 2.19. The lowest BCUT2D eigenvalue weighted by molar-refractivity contribution is -0.104. The van der Waals surface area contributed by atoms with Gasteiger partial charge in [-0.3, -0.25) is 4.79 Å². The van der Waals surface area contributed by atoms with E-state index in [1.165, 1.54) is 11.3 Å². The van der Waals surface area contributed by atoms with Gasteiger partial charge in [-0.05, 0) is 27.7 Å². The summed E-state index contributed by atoms with van der Waals surface area (Å²) < 4.78 is 6.01. The van der Waals surface area contributed by atoms with Crippen molar-refractivity contribution in [2.75, 3.05) is 12.8 Å². The van der Waals surface area contributed by atoms with E-state index in [1.54, 1.807) is 7.05 Å². The van der Waals surface area contributed by atoms with Crippen LogP contribution in [0.25, 0.3) is 0 Å².